The van der Waals surface area contributed by atoms with Gasteiger partial charge < -0.3 is 19.5 Å². The van der Waals surface area contributed by atoms with Gasteiger partial charge in [0, 0.05) is 44.1 Å². The highest BCUT2D eigenvalue weighted by molar-refractivity contribution is 5.82. The Morgan fingerprint density at radius 3 is 2.19 bits per heavy atom. The molecule has 0 aromatic heterocycles. The summed E-state index contributed by atoms with van der Waals surface area (Å²) in [5, 5.41) is 11.1. The molecule has 2 saturated heterocycles. The first-order chi connectivity index (χ1) is 16.4. The summed E-state index contributed by atoms with van der Waals surface area (Å²) >= 11 is 0. The highest BCUT2D eigenvalue weighted by Gasteiger charge is 2.59. The zero-order valence-electron chi connectivity index (χ0n) is 25.1. The lowest BCUT2D eigenvalue weighted by molar-refractivity contribution is -0.147. The van der Waals surface area contributed by atoms with E-state index < -0.39 is 11.8 Å². The van der Waals surface area contributed by atoms with Gasteiger partial charge in [0.05, 0.1) is 18.8 Å². The molecule has 0 radical (unpaired) electrons. The molecule has 1 amide bonds. The highest BCUT2D eigenvalue weighted by Crippen LogP contribution is 2.66. The van der Waals surface area contributed by atoms with E-state index in [-0.39, 0.29) is 28.3 Å². The quantitative estimate of drug-likeness (QED) is 0.409. The lowest BCUT2D eigenvalue weighted by atomic mass is 9.69. The van der Waals surface area contributed by atoms with E-state index in [1.54, 1.807) is 4.90 Å². The molecule has 210 valence electrons. The minimum atomic E-state index is -0.725. The number of carbonyl (C=O) groups excluding carboxylic acids is 1. The SMILES string of the molecule is CC(C)(CCN1CCOCC1)OCCC(C)(C)N1C(=O)C(C(C)(C)CC2(C)CC2C(C)(C)C)CC1O. The van der Waals surface area contributed by atoms with Crippen molar-refractivity contribution in [3.8, 4) is 0 Å². The van der Waals surface area contributed by atoms with Crippen LogP contribution in [0.1, 0.15) is 101 Å². The molecule has 1 N–H and O–H groups in total. The second kappa shape index (κ2) is 10.5. The third-order valence-corrected chi connectivity index (χ3v) is 9.47. The van der Waals surface area contributed by atoms with Crippen LogP contribution in [-0.4, -0.2) is 77.6 Å². The van der Waals surface area contributed by atoms with E-state index in [9.17, 15) is 9.90 Å². The van der Waals surface area contributed by atoms with Crippen molar-refractivity contribution in [2.75, 3.05) is 39.5 Å². The van der Waals surface area contributed by atoms with Gasteiger partial charge in [-0.05, 0) is 75.5 Å². The summed E-state index contributed by atoms with van der Waals surface area (Å²) < 4.78 is 11.8. The fourth-order valence-electron chi connectivity index (χ4n) is 7.23. The van der Waals surface area contributed by atoms with Gasteiger partial charge in [-0.25, -0.2) is 0 Å². The summed E-state index contributed by atoms with van der Waals surface area (Å²) in [7, 11) is 0. The molecule has 1 saturated carbocycles. The number of carbonyl (C=O) groups is 1. The van der Waals surface area contributed by atoms with Crippen molar-refractivity contribution >= 4 is 5.91 Å². The van der Waals surface area contributed by atoms with Crippen molar-refractivity contribution in [1.29, 1.82) is 0 Å². The van der Waals surface area contributed by atoms with Gasteiger partial charge in [0.25, 0.3) is 0 Å². The van der Waals surface area contributed by atoms with E-state index in [2.05, 4.69) is 74.1 Å². The Balaban J connectivity index is 1.54. The number of aliphatic hydroxyl groups excluding tert-OH is 1. The van der Waals surface area contributed by atoms with Gasteiger partial charge in [-0.1, -0.05) is 41.5 Å². The Kier molecular flexibility index (Phi) is 8.68. The van der Waals surface area contributed by atoms with Crippen molar-refractivity contribution in [2.45, 2.75) is 119 Å². The number of ether oxygens (including phenoxy) is 2. The maximum Gasteiger partial charge on any atom is 0.228 e. The molecule has 2 aliphatic heterocycles. The van der Waals surface area contributed by atoms with Crippen molar-refractivity contribution in [3.05, 3.63) is 0 Å². The van der Waals surface area contributed by atoms with Gasteiger partial charge >= 0.3 is 0 Å². The van der Waals surface area contributed by atoms with E-state index in [4.69, 9.17) is 9.47 Å². The fraction of sp³-hybridized carbons (Fsp3) is 0.967. The zero-order valence-corrected chi connectivity index (χ0v) is 25.1. The third-order valence-electron chi connectivity index (χ3n) is 9.47. The van der Waals surface area contributed by atoms with Crippen molar-refractivity contribution in [1.82, 2.24) is 9.80 Å². The molecule has 6 heteroatoms. The van der Waals surface area contributed by atoms with E-state index >= 15 is 0 Å². The second-order valence-electron chi connectivity index (χ2n) is 15.3. The molecule has 0 aromatic carbocycles. The molecule has 3 rings (SSSR count). The molecule has 6 nitrogen and oxygen atoms in total. The molecule has 0 bridgehead atoms. The molecule has 2 heterocycles. The van der Waals surface area contributed by atoms with Gasteiger partial charge in [0.15, 0.2) is 0 Å². The summed E-state index contributed by atoms with van der Waals surface area (Å²) in [6.45, 7) is 27.5. The van der Waals surface area contributed by atoms with Crippen LogP contribution in [0.4, 0.5) is 0 Å². The van der Waals surface area contributed by atoms with Crippen molar-refractivity contribution in [3.63, 3.8) is 0 Å². The molecule has 0 aromatic rings. The first-order valence-electron chi connectivity index (χ1n) is 14.3. The lowest BCUT2D eigenvalue weighted by Crippen LogP contribution is -2.51. The summed E-state index contributed by atoms with van der Waals surface area (Å²) in [6, 6.07) is 0. The number of likely N-dealkylation sites (tertiary alicyclic amines) is 1. The van der Waals surface area contributed by atoms with Crippen molar-refractivity contribution in [2.24, 2.45) is 28.1 Å². The Morgan fingerprint density at radius 1 is 1.03 bits per heavy atom. The predicted molar refractivity (Wildman–Crippen MR) is 146 cm³/mol. The topological polar surface area (TPSA) is 62.2 Å². The van der Waals surface area contributed by atoms with Crippen molar-refractivity contribution < 1.29 is 19.4 Å². The minimum absolute atomic E-state index is 0.112. The Labute approximate surface area is 221 Å². The Bertz CT molecular complexity index is 765. The van der Waals surface area contributed by atoms with Crippen LogP contribution < -0.4 is 0 Å². The second-order valence-corrected chi connectivity index (χ2v) is 15.3. The average molecular weight is 509 g/mol. The number of amides is 1. The standard InChI is InChI=1S/C30H56N2O4/c1-26(2,3)23-20-30(23,10)21-27(4,5)22-19-24(33)32(25(22)34)28(6,7)12-16-36-29(8,9)11-13-31-14-17-35-18-15-31/h22-24,33H,11-21H2,1-10H3. The first kappa shape index (κ1) is 29.9. The molecule has 1 aliphatic carbocycles. The third kappa shape index (κ3) is 7.03. The minimum Gasteiger partial charge on any atom is -0.379 e. The van der Waals surface area contributed by atoms with Crippen LogP contribution in [0, 0.1) is 28.1 Å². The fourth-order valence-corrected chi connectivity index (χ4v) is 7.23. The smallest absolute Gasteiger partial charge is 0.228 e. The predicted octanol–water partition coefficient (Wildman–Crippen LogP) is 5.33. The number of rotatable bonds is 11. The highest BCUT2D eigenvalue weighted by atomic mass is 16.5. The molecule has 3 aliphatic rings. The summed E-state index contributed by atoms with van der Waals surface area (Å²) in [6.07, 6.45) is 3.72. The number of hydrogen-bond acceptors (Lipinski definition) is 5. The van der Waals surface area contributed by atoms with Crippen LogP contribution in [0.3, 0.4) is 0 Å². The number of hydrogen-bond donors (Lipinski definition) is 1. The Hall–Kier alpha value is -0.690. The monoisotopic (exact) mass is 508 g/mol. The number of nitrogens with zero attached hydrogens (tertiary/aromatic N) is 2. The van der Waals surface area contributed by atoms with Gasteiger partial charge in [0.1, 0.15) is 6.23 Å². The number of aliphatic hydroxyl groups is 1. The molecular weight excluding hydrogens is 452 g/mol. The average Bonchev–Trinajstić information content (AvgIpc) is 3.30. The van der Waals surface area contributed by atoms with E-state index in [1.807, 2.05) is 0 Å². The van der Waals surface area contributed by atoms with E-state index in [1.165, 1.54) is 6.42 Å². The van der Waals surface area contributed by atoms with Crippen LogP contribution in [0.5, 0.6) is 0 Å². The maximum absolute atomic E-state index is 13.7. The van der Waals surface area contributed by atoms with E-state index in [0.717, 1.165) is 45.7 Å². The molecule has 4 atom stereocenters. The zero-order chi connectivity index (χ0) is 27.2. The molecular formula is C30H56N2O4. The van der Waals surface area contributed by atoms with Gasteiger partial charge in [0.2, 0.25) is 5.91 Å². The lowest BCUT2D eigenvalue weighted by Gasteiger charge is -2.40. The summed E-state index contributed by atoms with van der Waals surface area (Å²) in [5.74, 6) is 0.665. The molecule has 3 fully saturated rings. The number of morpholine rings is 1. The van der Waals surface area contributed by atoms with Gasteiger partial charge in [-0.15, -0.1) is 0 Å². The maximum atomic E-state index is 13.7. The van der Waals surface area contributed by atoms with Crippen LogP contribution in [0.15, 0.2) is 0 Å². The van der Waals surface area contributed by atoms with Crippen LogP contribution in [-0.2, 0) is 14.3 Å². The van der Waals surface area contributed by atoms with Crippen LogP contribution in [0.2, 0.25) is 0 Å². The normalized spacial score (nSPS) is 30.8. The summed E-state index contributed by atoms with van der Waals surface area (Å²) in [4.78, 5) is 17.9. The first-order valence-corrected chi connectivity index (χ1v) is 14.3. The Morgan fingerprint density at radius 2 is 1.64 bits per heavy atom. The van der Waals surface area contributed by atoms with Crippen LogP contribution >= 0.6 is 0 Å². The van der Waals surface area contributed by atoms with Gasteiger partial charge in [-0.2, -0.15) is 0 Å². The van der Waals surface area contributed by atoms with E-state index in [0.29, 0.717) is 30.8 Å². The largest absolute Gasteiger partial charge is 0.379 e. The molecule has 36 heavy (non-hydrogen) atoms. The molecule has 4 unspecified atom stereocenters. The van der Waals surface area contributed by atoms with Crippen LogP contribution in [0.25, 0.3) is 0 Å². The molecule has 0 spiro atoms. The van der Waals surface area contributed by atoms with Gasteiger partial charge in [-0.3, -0.25) is 9.69 Å². The summed E-state index contributed by atoms with van der Waals surface area (Å²) in [5.41, 5.74) is -0.241.